The molecule has 0 bridgehead atoms. The highest BCUT2D eigenvalue weighted by Crippen LogP contribution is 2.38. The number of aliphatic hydroxyl groups excluding tert-OH is 1. The quantitative estimate of drug-likeness (QED) is 0.384. The second-order valence-electron chi connectivity index (χ2n) is 9.08. The number of benzene rings is 2. The normalized spacial score (nSPS) is 17.7. The Kier molecular flexibility index (Phi) is 7.19. The van der Waals surface area contributed by atoms with Gasteiger partial charge < -0.3 is 21.3 Å². The van der Waals surface area contributed by atoms with Crippen molar-refractivity contribution >= 4 is 22.8 Å². The van der Waals surface area contributed by atoms with Crippen LogP contribution >= 0.6 is 0 Å². The fraction of sp³-hybridized carbons (Fsp3) is 0.385. The summed E-state index contributed by atoms with van der Waals surface area (Å²) in [5.74, 6) is -2.03. The fourth-order valence-corrected chi connectivity index (χ4v) is 4.80. The van der Waals surface area contributed by atoms with Crippen LogP contribution in [0.4, 0.5) is 0 Å². The van der Waals surface area contributed by atoms with Crippen LogP contribution in [0, 0.1) is 5.92 Å². The van der Waals surface area contributed by atoms with E-state index >= 15 is 0 Å². The lowest BCUT2D eigenvalue weighted by Gasteiger charge is -2.34. The van der Waals surface area contributed by atoms with Gasteiger partial charge >= 0.3 is 0 Å². The van der Waals surface area contributed by atoms with Crippen LogP contribution in [0.1, 0.15) is 48.2 Å². The standard InChI is InChI=1S/C26H30N4O4/c27-24(32)18(26(34)12-6-7-13-26)15-23(31)21(14-17-8-2-1-3-9-17)30-25(33)22-16-28-19-10-4-5-11-20(19)29-22/h1-5,8-11,16,18,21,23,31,34H,6-7,12-15H2,(H2,27,32)(H,30,33)/t18-,21+,23+/m1/s1. The molecular formula is C26H30N4O4. The lowest BCUT2D eigenvalue weighted by atomic mass is 9.80. The van der Waals surface area contributed by atoms with E-state index in [-0.39, 0.29) is 12.1 Å². The molecule has 8 nitrogen and oxygen atoms in total. The maximum atomic E-state index is 13.1. The lowest BCUT2D eigenvalue weighted by molar-refractivity contribution is -0.133. The summed E-state index contributed by atoms with van der Waals surface area (Å²) in [4.78, 5) is 34.0. The van der Waals surface area contributed by atoms with Crippen LogP contribution in [-0.2, 0) is 11.2 Å². The monoisotopic (exact) mass is 462 g/mol. The number of rotatable bonds is 9. The van der Waals surface area contributed by atoms with E-state index in [2.05, 4.69) is 15.3 Å². The summed E-state index contributed by atoms with van der Waals surface area (Å²) in [7, 11) is 0. The first-order valence-electron chi connectivity index (χ1n) is 11.6. The second kappa shape index (κ2) is 10.3. The minimum absolute atomic E-state index is 0.0486. The van der Waals surface area contributed by atoms with E-state index in [4.69, 9.17) is 5.73 Å². The second-order valence-corrected chi connectivity index (χ2v) is 9.08. The number of nitrogens with zero attached hydrogens (tertiary/aromatic N) is 2. The number of nitrogens with one attached hydrogen (secondary N) is 1. The summed E-state index contributed by atoms with van der Waals surface area (Å²) in [6.45, 7) is 0. The minimum Gasteiger partial charge on any atom is -0.391 e. The minimum atomic E-state index is -1.22. The third kappa shape index (κ3) is 5.40. The molecule has 0 unspecified atom stereocenters. The van der Waals surface area contributed by atoms with E-state index < -0.39 is 35.5 Å². The van der Waals surface area contributed by atoms with Gasteiger partial charge in [-0.3, -0.25) is 14.6 Å². The molecule has 1 aromatic heterocycles. The van der Waals surface area contributed by atoms with Crippen molar-refractivity contribution < 1.29 is 19.8 Å². The maximum Gasteiger partial charge on any atom is 0.271 e. The predicted octanol–water partition coefficient (Wildman–Crippen LogP) is 2.13. The maximum absolute atomic E-state index is 13.1. The molecule has 5 N–H and O–H groups in total. The zero-order chi connectivity index (χ0) is 24.1. The first-order valence-corrected chi connectivity index (χ1v) is 11.6. The van der Waals surface area contributed by atoms with Gasteiger partial charge in [-0.2, -0.15) is 0 Å². The van der Waals surface area contributed by atoms with Crippen LogP contribution in [0.5, 0.6) is 0 Å². The van der Waals surface area contributed by atoms with Crippen molar-refractivity contribution in [2.45, 2.75) is 56.3 Å². The van der Waals surface area contributed by atoms with Crippen molar-refractivity contribution in [3.8, 4) is 0 Å². The number of carbonyl (C=O) groups is 2. The molecule has 4 rings (SSSR count). The highest BCUT2D eigenvalue weighted by molar-refractivity contribution is 5.94. The molecule has 0 saturated heterocycles. The summed E-state index contributed by atoms with van der Waals surface area (Å²) in [6.07, 6.45) is 3.12. The molecule has 178 valence electrons. The molecule has 3 aromatic rings. The number of primary amides is 1. The average Bonchev–Trinajstić information content (AvgIpc) is 3.29. The zero-order valence-electron chi connectivity index (χ0n) is 18.9. The Hall–Kier alpha value is -3.36. The summed E-state index contributed by atoms with van der Waals surface area (Å²) in [5, 5.41) is 25.0. The first kappa shape index (κ1) is 23.8. The predicted molar refractivity (Wildman–Crippen MR) is 128 cm³/mol. The molecule has 0 aliphatic heterocycles. The van der Waals surface area contributed by atoms with Gasteiger partial charge in [0.25, 0.3) is 5.91 Å². The van der Waals surface area contributed by atoms with Gasteiger partial charge in [0.15, 0.2) is 0 Å². The van der Waals surface area contributed by atoms with Crippen molar-refractivity contribution in [1.29, 1.82) is 0 Å². The molecule has 0 spiro atoms. The van der Waals surface area contributed by atoms with Crippen LogP contribution in [0.2, 0.25) is 0 Å². The Morgan fingerprint density at radius 3 is 2.35 bits per heavy atom. The van der Waals surface area contributed by atoms with Crippen LogP contribution < -0.4 is 11.1 Å². The number of para-hydroxylation sites is 2. The zero-order valence-corrected chi connectivity index (χ0v) is 18.9. The number of amides is 2. The van der Waals surface area contributed by atoms with E-state index in [9.17, 15) is 19.8 Å². The molecule has 2 amide bonds. The topological polar surface area (TPSA) is 138 Å². The fourth-order valence-electron chi connectivity index (χ4n) is 4.80. The molecule has 2 aromatic carbocycles. The van der Waals surface area contributed by atoms with Gasteiger partial charge in [-0.25, -0.2) is 4.98 Å². The van der Waals surface area contributed by atoms with Crippen molar-refractivity contribution in [3.05, 3.63) is 72.1 Å². The number of hydrogen-bond donors (Lipinski definition) is 4. The molecular weight excluding hydrogens is 432 g/mol. The summed E-state index contributed by atoms with van der Waals surface area (Å²) in [5.41, 5.74) is 6.71. The van der Waals surface area contributed by atoms with Crippen molar-refractivity contribution in [2.24, 2.45) is 11.7 Å². The lowest BCUT2D eigenvalue weighted by Crippen LogP contribution is -2.50. The van der Waals surface area contributed by atoms with Gasteiger partial charge in [0.05, 0.1) is 40.9 Å². The molecule has 8 heteroatoms. The summed E-state index contributed by atoms with van der Waals surface area (Å²) < 4.78 is 0. The third-order valence-electron chi connectivity index (χ3n) is 6.70. The SMILES string of the molecule is NC(=O)[C@@H](C[C@H](O)[C@H](Cc1ccccc1)NC(=O)c1cnc2ccccc2n1)C1(O)CCCC1. The molecule has 0 radical (unpaired) electrons. The largest absolute Gasteiger partial charge is 0.391 e. The Balaban J connectivity index is 1.56. The summed E-state index contributed by atoms with van der Waals surface area (Å²) >= 11 is 0. The van der Waals surface area contributed by atoms with E-state index in [0.717, 1.165) is 18.4 Å². The number of aliphatic hydroxyl groups is 2. The highest BCUT2D eigenvalue weighted by atomic mass is 16.3. The molecule has 1 aliphatic carbocycles. The van der Waals surface area contributed by atoms with Gasteiger partial charge in [0, 0.05) is 0 Å². The molecule has 1 heterocycles. The summed E-state index contributed by atoms with van der Waals surface area (Å²) in [6, 6.07) is 16.0. The Morgan fingerprint density at radius 2 is 1.68 bits per heavy atom. The van der Waals surface area contributed by atoms with E-state index in [1.165, 1.54) is 6.20 Å². The van der Waals surface area contributed by atoms with Crippen LogP contribution in [0.25, 0.3) is 11.0 Å². The Labute approximate surface area is 198 Å². The number of carbonyl (C=O) groups excluding carboxylic acids is 2. The smallest absolute Gasteiger partial charge is 0.271 e. The molecule has 1 aliphatic rings. The van der Waals surface area contributed by atoms with E-state index in [0.29, 0.717) is 30.3 Å². The van der Waals surface area contributed by atoms with E-state index in [1.807, 2.05) is 48.5 Å². The van der Waals surface area contributed by atoms with Gasteiger partial charge in [0.1, 0.15) is 5.69 Å². The van der Waals surface area contributed by atoms with Crippen molar-refractivity contribution in [2.75, 3.05) is 0 Å². The Bertz CT molecular complexity index is 1150. The van der Waals surface area contributed by atoms with E-state index in [1.54, 1.807) is 6.07 Å². The van der Waals surface area contributed by atoms with Crippen LogP contribution in [0.3, 0.4) is 0 Å². The average molecular weight is 463 g/mol. The van der Waals surface area contributed by atoms with Crippen LogP contribution in [-0.4, -0.2) is 49.7 Å². The first-order chi connectivity index (χ1) is 16.4. The molecule has 34 heavy (non-hydrogen) atoms. The Morgan fingerprint density at radius 1 is 1.03 bits per heavy atom. The number of hydrogen-bond acceptors (Lipinski definition) is 6. The third-order valence-corrected chi connectivity index (χ3v) is 6.70. The number of fused-ring (bicyclic) bond motifs is 1. The van der Waals surface area contributed by atoms with Gasteiger partial charge in [-0.15, -0.1) is 0 Å². The highest BCUT2D eigenvalue weighted by Gasteiger charge is 2.44. The van der Waals surface area contributed by atoms with Crippen molar-refractivity contribution in [1.82, 2.24) is 15.3 Å². The van der Waals surface area contributed by atoms with Gasteiger partial charge in [0.2, 0.25) is 5.91 Å². The molecule has 1 saturated carbocycles. The van der Waals surface area contributed by atoms with Gasteiger partial charge in [-0.05, 0) is 43.4 Å². The van der Waals surface area contributed by atoms with Crippen LogP contribution in [0.15, 0.2) is 60.8 Å². The van der Waals surface area contributed by atoms with Gasteiger partial charge in [-0.1, -0.05) is 55.3 Å². The molecule has 3 atom stereocenters. The number of nitrogens with two attached hydrogens (primary N) is 1. The molecule has 1 fully saturated rings. The number of aromatic nitrogens is 2. The van der Waals surface area contributed by atoms with Crippen molar-refractivity contribution in [3.63, 3.8) is 0 Å².